The van der Waals surface area contributed by atoms with Crippen LogP contribution in [0, 0.1) is 0 Å². The molecular formula is C20H36N2O10. The summed E-state index contributed by atoms with van der Waals surface area (Å²) in [4.78, 5) is 35.6. The minimum atomic E-state index is -1.98. The van der Waals surface area contributed by atoms with Gasteiger partial charge in [-0.25, -0.2) is 4.79 Å². The molecule has 186 valence electrons. The van der Waals surface area contributed by atoms with Gasteiger partial charge in [-0.05, 0) is 19.8 Å². The molecule has 1 heterocycles. The number of methoxy groups -OCH3 is 1. The van der Waals surface area contributed by atoms with Crippen molar-refractivity contribution in [2.45, 2.75) is 82.1 Å². The van der Waals surface area contributed by atoms with Gasteiger partial charge in [0.25, 0.3) is 5.79 Å². The van der Waals surface area contributed by atoms with Crippen LogP contribution in [0.4, 0.5) is 0 Å². The van der Waals surface area contributed by atoms with Crippen LogP contribution < -0.4 is 11.1 Å². The van der Waals surface area contributed by atoms with E-state index in [1.165, 1.54) is 6.92 Å². The number of aliphatic hydroxyl groups excluding tert-OH is 3. The first-order chi connectivity index (χ1) is 15.1. The fourth-order valence-corrected chi connectivity index (χ4v) is 3.51. The average Bonchev–Trinajstić information content (AvgIpc) is 2.75. The number of esters is 2. The van der Waals surface area contributed by atoms with E-state index in [1.807, 2.05) is 0 Å². The molecule has 1 aliphatic heterocycles. The standard InChI is InChI=1S/C20H36N2O10/c1-4-30-15(26)8-6-5-7-9-31-20(19(28)29-3)10-13(21)16(22-12(2)24)18(32-20)17(27)14(25)11-23/h13-14,16-18,23,25,27H,4-11,21H2,1-3H3,(H,22,24)/t13-,14-,16-,17-,18?,20-/m1/s1. The van der Waals surface area contributed by atoms with E-state index in [4.69, 9.17) is 24.7 Å². The Kier molecular flexibility index (Phi) is 12.0. The molecule has 1 unspecified atom stereocenters. The first-order valence-corrected chi connectivity index (χ1v) is 10.7. The summed E-state index contributed by atoms with van der Waals surface area (Å²) in [6, 6.07) is -1.87. The largest absolute Gasteiger partial charge is 0.466 e. The molecule has 6 atom stereocenters. The molecule has 6 N–H and O–H groups in total. The summed E-state index contributed by atoms with van der Waals surface area (Å²) >= 11 is 0. The Labute approximate surface area is 187 Å². The van der Waals surface area contributed by atoms with Gasteiger partial charge in [0.15, 0.2) is 0 Å². The Morgan fingerprint density at radius 3 is 2.50 bits per heavy atom. The van der Waals surface area contributed by atoms with Gasteiger partial charge in [-0.1, -0.05) is 6.42 Å². The van der Waals surface area contributed by atoms with Crippen LogP contribution in [0.3, 0.4) is 0 Å². The maximum absolute atomic E-state index is 12.6. The molecular weight excluding hydrogens is 428 g/mol. The van der Waals surface area contributed by atoms with E-state index >= 15 is 0 Å². The number of rotatable bonds is 13. The van der Waals surface area contributed by atoms with E-state index < -0.39 is 54.7 Å². The lowest BCUT2D eigenvalue weighted by molar-refractivity contribution is -0.301. The van der Waals surface area contributed by atoms with Crippen LogP contribution in [0.2, 0.25) is 0 Å². The zero-order chi connectivity index (χ0) is 24.3. The van der Waals surface area contributed by atoms with Crippen LogP contribution in [0.15, 0.2) is 0 Å². The first kappa shape index (κ1) is 28.2. The number of aliphatic hydroxyl groups is 3. The number of unbranched alkanes of at least 4 members (excludes halogenated alkanes) is 2. The summed E-state index contributed by atoms with van der Waals surface area (Å²) in [5, 5.41) is 32.1. The van der Waals surface area contributed by atoms with Gasteiger partial charge in [0.2, 0.25) is 5.91 Å². The maximum Gasteiger partial charge on any atom is 0.366 e. The number of hydrogen-bond donors (Lipinski definition) is 5. The highest BCUT2D eigenvalue weighted by atomic mass is 16.7. The molecule has 1 saturated heterocycles. The highest BCUT2D eigenvalue weighted by molar-refractivity contribution is 5.78. The minimum absolute atomic E-state index is 0.0564. The summed E-state index contributed by atoms with van der Waals surface area (Å²) in [5.41, 5.74) is 6.19. The Morgan fingerprint density at radius 1 is 1.25 bits per heavy atom. The molecule has 0 aromatic carbocycles. The number of nitrogens with two attached hydrogens (primary N) is 1. The normalized spacial score (nSPS) is 27.3. The predicted molar refractivity (Wildman–Crippen MR) is 110 cm³/mol. The highest BCUT2D eigenvalue weighted by Gasteiger charge is 2.55. The topological polar surface area (TPSA) is 187 Å². The highest BCUT2D eigenvalue weighted by Crippen LogP contribution is 2.33. The molecule has 1 fully saturated rings. The summed E-state index contributed by atoms with van der Waals surface area (Å²) in [5.74, 6) is -3.62. The van der Waals surface area contributed by atoms with Gasteiger partial charge >= 0.3 is 11.9 Å². The van der Waals surface area contributed by atoms with E-state index in [0.29, 0.717) is 25.9 Å². The molecule has 32 heavy (non-hydrogen) atoms. The molecule has 1 aliphatic rings. The summed E-state index contributed by atoms with van der Waals surface area (Å²) < 4.78 is 21.2. The SMILES string of the molecule is CCOC(=O)CCCCCO[C@]1(C(=O)OC)C[C@@H](N)[C@@H](NC(C)=O)C([C@H](O)[C@H](O)CO)O1. The molecule has 0 aromatic heterocycles. The smallest absolute Gasteiger partial charge is 0.366 e. The van der Waals surface area contributed by atoms with Gasteiger partial charge in [-0.2, -0.15) is 0 Å². The van der Waals surface area contributed by atoms with Crippen LogP contribution in [0.1, 0.15) is 46.0 Å². The summed E-state index contributed by atoms with van der Waals surface area (Å²) in [7, 11) is 1.13. The first-order valence-electron chi connectivity index (χ1n) is 10.7. The van der Waals surface area contributed by atoms with Crippen molar-refractivity contribution in [3.05, 3.63) is 0 Å². The van der Waals surface area contributed by atoms with Crippen LogP contribution in [0.25, 0.3) is 0 Å². The molecule has 1 rings (SSSR count). The molecule has 0 aromatic rings. The quantitative estimate of drug-likeness (QED) is 0.155. The van der Waals surface area contributed by atoms with E-state index in [0.717, 1.165) is 7.11 Å². The second kappa shape index (κ2) is 13.7. The van der Waals surface area contributed by atoms with E-state index in [-0.39, 0.29) is 25.4 Å². The Bertz CT molecular complexity index is 619. The number of ether oxygens (including phenoxy) is 4. The number of carbonyl (C=O) groups excluding carboxylic acids is 3. The number of nitrogens with one attached hydrogen (secondary N) is 1. The van der Waals surface area contributed by atoms with Crippen molar-refractivity contribution in [1.29, 1.82) is 0 Å². The molecule has 12 heteroatoms. The van der Waals surface area contributed by atoms with Crippen molar-refractivity contribution in [3.8, 4) is 0 Å². The zero-order valence-corrected chi connectivity index (χ0v) is 18.8. The van der Waals surface area contributed by atoms with Crippen LogP contribution in [-0.2, 0) is 33.3 Å². The average molecular weight is 465 g/mol. The fourth-order valence-electron chi connectivity index (χ4n) is 3.51. The van der Waals surface area contributed by atoms with Crippen molar-refractivity contribution in [2.24, 2.45) is 5.73 Å². The molecule has 12 nitrogen and oxygen atoms in total. The Morgan fingerprint density at radius 2 is 1.94 bits per heavy atom. The lowest BCUT2D eigenvalue weighted by Gasteiger charge is -2.47. The molecule has 0 spiro atoms. The second-order valence-corrected chi connectivity index (χ2v) is 7.63. The lowest BCUT2D eigenvalue weighted by atomic mass is 9.87. The van der Waals surface area contributed by atoms with Gasteiger partial charge in [-0.3, -0.25) is 9.59 Å². The summed E-state index contributed by atoms with van der Waals surface area (Å²) in [6.45, 7) is 2.57. The van der Waals surface area contributed by atoms with Crippen LogP contribution in [0.5, 0.6) is 0 Å². The fraction of sp³-hybridized carbons (Fsp3) is 0.850. The van der Waals surface area contributed by atoms with Crippen LogP contribution in [-0.4, -0.2) is 96.3 Å². The third-order valence-electron chi connectivity index (χ3n) is 5.10. The number of carbonyl (C=O) groups is 3. The molecule has 1 amide bonds. The van der Waals surface area contributed by atoms with E-state index in [2.05, 4.69) is 5.32 Å². The third-order valence-corrected chi connectivity index (χ3v) is 5.10. The minimum Gasteiger partial charge on any atom is -0.466 e. The second-order valence-electron chi connectivity index (χ2n) is 7.63. The lowest BCUT2D eigenvalue weighted by Crippen LogP contribution is -2.69. The molecule has 0 saturated carbocycles. The van der Waals surface area contributed by atoms with Crippen molar-refractivity contribution in [1.82, 2.24) is 5.32 Å². The van der Waals surface area contributed by atoms with E-state index in [1.54, 1.807) is 6.92 Å². The van der Waals surface area contributed by atoms with Crippen LogP contribution >= 0.6 is 0 Å². The van der Waals surface area contributed by atoms with Gasteiger partial charge in [0, 0.05) is 25.8 Å². The number of amides is 1. The monoisotopic (exact) mass is 464 g/mol. The van der Waals surface area contributed by atoms with Crippen molar-refractivity contribution in [3.63, 3.8) is 0 Å². The third kappa shape index (κ3) is 7.94. The maximum atomic E-state index is 12.6. The van der Waals surface area contributed by atoms with E-state index in [9.17, 15) is 29.7 Å². The van der Waals surface area contributed by atoms with Crippen molar-refractivity contribution < 1.29 is 48.7 Å². The van der Waals surface area contributed by atoms with Gasteiger partial charge in [0.1, 0.15) is 18.3 Å². The number of hydrogen-bond acceptors (Lipinski definition) is 11. The van der Waals surface area contributed by atoms with Gasteiger partial charge in [-0.15, -0.1) is 0 Å². The summed E-state index contributed by atoms with van der Waals surface area (Å²) in [6.07, 6.45) is -2.91. The Hall–Kier alpha value is -1.83. The molecule has 0 radical (unpaired) electrons. The van der Waals surface area contributed by atoms with Gasteiger partial charge in [0.05, 0.1) is 33.0 Å². The molecule has 0 bridgehead atoms. The zero-order valence-electron chi connectivity index (χ0n) is 18.8. The van der Waals surface area contributed by atoms with Gasteiger partial charge < -0.3 is 45.3 Å². The van der Waals surface area contributed by atoms with Crippen molar-refractivity contribution in [2.75, 3.05) is 26.9 Å². The molecule has 0 aliphatic carbocycles. The predicted octanol–water partition coefficient (Wildman–Crippen LogP) is -1.67. The van der Waals surface area contributed by atoms with Crippen molar-refractivity contribution >= 4 is 17.8 Å². The Balaban J connectivity index is 2.90.